The van der Waals surface area contributed by atoms with Gasteiger partial charge >= 0.3 is 0 Å². The van der Waals surface area contributed by atoms with E-state index in [9.17, 15) is 9.59 Å². The van der Waals surface area contributed by atoms with Gasteiger partial charge in [-0.15, -0.1) is 0 Å². The van der Waals surface area contributed by atoms with Crippen LogP contribution in [0, 0.1) is 5.92 Å². The second-order valence-corrected chi connectivity index (χ2v) is 6.74. The van der Waals surface area contributed by atoms with Crippen molar-refractivity contribution in [3.8, 4) is 0 Å². The number of benzene rings is 1. The van der Waals surface area contributed by atoms with Gasteiger partial charge in [0.25, 0.3) is 5.91 Å². The lowest BCUT2D eigenvalue weighted by Gasteiger charge is -2.34. The van der Waals surface area contributed by atoms with E-state index < -0.39 is 0 Å². The predicted molar refractivity (Wildman–Crippen MR) is 103 cm³/mol. The van der Waals surface area contributed by atoms with Gasteiger partial charge in [0.1, 0.15) is 0 Å². The van der Waals surface area contributed by atoms with Crippen molar-refractivity contribution in [1.82, 2.24) is 15.5 Å². The van der Waals surface area contributed by atoms with Gasteiger partial charge in [-0.05, 0) is 30.9 Å². The molecule has 0 radical (unpaired) electrons. The van der Waals surface area contributed by atoms with Crippen molar-refractivity contribution in [3.05, 3.63) is 34.9 Å². The summed E-state index contributed by atoms with van der Waals surface area (Å²) in [4.78, 5) is 29.7. The predicted octanol–water partition coefficient (Wildman–Crippen LogP) is 1.23. The van der Waals surface area contributed by atoms with Crippen LogP contribution in [-0.4, -0.2) is 55.9 Å². The third-order valence-electron chi connectivity index (χ3n) is 4.33. The highest BCUT2D eigenvalue weighted by Gasteiger charge is 2.23. The largest absolute Gasteiger partial charge is 0.370 e. The minimum Gasteiger partial charge on any atom is -0.370 e. The Kier molecular flexibility index (Phi) is 7.72. The Morgan fingerprint density at radius 3 is 2.73 bits per heavy atom. The van der Waals surface area contributed by atoms with E-state index in [4.69, 9.17) is 17.3 Å². The van der Waals surface area contributed by atoms with Gasteiger partial charge in [0.15, 0.2) is 5.96 Å². The van der Waals surface area contributed by atoms with Gasteiger partial charge in [-0.3, -0.25) is 14.6 Å². The lowest BCUT2D eigenvalue weighted by Crippen LogP contribution is -2.48. The summed E-state index contributed by atoms with van der Waals surface area (Å²) in [5, 5.41) is 6.52. The number of guanidine groups is 1. The quantitative estimate of drug-likeness (QED) is 0.393. The summed E-state index contributed by atoms with van der Waals surface area (Å²) in [6.07, 6.45) is 2.41. The molecular formula is C18H26ClN5O2. The Bertz CT molecular complexity index is 665. The van der Waals surface area contributed by atoms with Crippen LogP contribution in [0.5, 0.6) is 0 Å². The number of hydrogen-bond donors (Lipinski definition) is 3. The van der Waals surface area contributed by atoms with Crippen LogP contribution in [0.1, 0.15) is 29.6 Å². The number of nitrogens with zero attached hydrogens (tertiary/aromatic N) is 2. The number of piperidine rings is 1. The van der Waals surface area contributed by atoms with Crippen LogP contribution in [0.2, 0.25) is 5.02 Å². The molecular weight excluding hydrogens is 354 g/mol. The highest BCUT2D eigenvalue weighted by molar-refractivity contribution is 6.33. The fourth-order valence-electron chi connectivity index (χ4n) is 3.13. The van der Waals surface area contributed by atoms with E-state index in [1.54, 1.807) is 31.3 Å². The summed E-state index contributed by atoms with van der Waals surface area (Å²) < 4.78 is 0. The number of nitrogens with one attached hydrogen (secondary N) is 2. The molecule has 0 aliphatic carbocycles. The number of hydrogen-bond acceptors (Lipinski definition) is 3. The van der Waals surface area contributed by atoms with E-state index in [0.717, 1.165) is 31.9 Å². The smallest absolute Gasteiger partial charge is 0.252 e. The molecule has 8 heteroatoms. The van der Waals surface area contributed by atoms with Crippen molar-refractivity contribution in [2.24, 2.45) is 16.6 Å². The number of rotatable bonds is 6. The zero-order chi connectivity index (χ0) is 18.9. The van der Waals surface area contributed by atoms with E-state index in [-0.39, 0.29) is 17.7 Å². The molecule has 1 aliphatic rings. The van der Waals surface area contributed by atoms with Crippen LogP contribution < -0.4 is 16.4 Å². The molecule has 0 bridgehead atoms. The maximum atomic E-state index is 12.1. The minimum absolute atomic E-state index is 0.202. The molecule has 4 N–H and O–H groups in total. The molecule has 142 valence electrons. The summed E-state index contributed by atoms with van der Waals surface area (Å²) in [5.74, 6) is 0.569. The van der Waals surface area contributed by atoms with Gasteiger partial charge in [-0.2, -0.15) is 0 Å². The van der Waals surface area contributed by atoms with Crippen LogP contribution in [0.15, 0.2) is 29.3 Å². The van der Waals surface area contributed by atoms with E-state index in [0.29, 0.717) is 30.1 Å². The van der Waals surface area contributed by atoms with Crippen molar-refractivity contribution in [1.29, 1.82) is 0 Å². The standard InChI is InChI=1S/C18H26ClN5O2/c1-21-18(24-10-4-5-13(12-24)11-16(20)25)23-9-8-22-17(26)14-6-2-3-7-15(14)19/h2-3,6-7,13H,4-5,8-12H2,1H3,(H2,20,25)(H,21,23)(H,22,26). The van der Waals surface area contributed by atoms with Crippen LogP contribution in [0.3, 0.4) is 0 Å². The van der Waals surface area contributed by atoms with Crippen molar-refractivity contribution in [3.63, 3.8) is 0 Å². The first-order valence-corrected chi connectivity index (χ1v) is 9.15. The Hall–Kier alpha value is -2.28. The molecule has 1 atom stereocenters. The number of halogens is 1. The highest BCUT2D eigenvalue weighted by Crippen LogP contribution is 2.19. The second-order valence-electron chi connectivity index (χ2n) is 6.33. The Balaban J connectivity index is 1.77. The van der Waals surface area contributed by atoms with Crippen molar-refractivity contribution >= 4 is 29.4 Å². The van der Waals surface area contributed by atoms with Crippen molar-refractivity contribution in [2.75, 3.05) is 33.2 Å². The van der Waals surface area contributed by atoms with E-state index in [1.807, 2.05) is 0 Å². The lowest BCUT2D eigenvalue weighted by molar-refractivity contribution is -0.119. The first-order chi connectivity index (χ1) is 12.5. The normalized spacial score (nSPS) is 17.7. The van der Waals surface area contributed by atoms with E-state index >= 15 is 0 Å². The topological polar surface area (TPSA) is 99.8 Å². The molecule has 1 fully saturated rings. The van der Waals surface area contributed by atoms with Crippen LogP contribution >= 0.6 is 11.6 Å². The lowest BCUT2D eigenvalue weighted by atomic mass is 9.95. The molecule has 0 spiro atoms. The summed E-state index contributed by atoms with van der Waals surface area (Å²) in [6.45, 7) is 2.64. The first kappa shape index (κ1) is 20.0. The number of amides is 2. The summed E-state index contributed by atoms with van der Waals surface area (Å²) >= 11 is 6.02. The molecule has 0 aromatic heterocycles. The van der Waals surface area contributed by atoms with E-state index in [1.165, 1.54) is 0 Å². The minimum atomic E-state index is -0.262. The maximum absolute atomic E-state index is 12.1. The number of nitrogens with two attached hydrogens (primary N) is 1. The van der Waals surface area contributed by atoms with Gasteiger partial charge in [-0.25, -0.2) is 0 Å². The summed E-state index contributed by atoms with van der Waals surface area (Å²) in [7, 11) is 1.72. The monoisotopic (exact) mass is 379 g/mol. The first-order valence-electron chi connectivity index (χ1n) is 8.78. The average molecular weight is 380 g/mol. The second kappa shape index (κ2) is 10.0. The van der Waals surface area contributed by atoms with Crippen molar-refractivity contribution < 1.29 is 9.59 Å². The van der Waals surface area contributed by atoms with Crippen LogP contribution in [0.4, 0.5) is 0 Å². The Morgan fingerprint density at radius 1 is 1.31 bits per heavy atom. The molecule has 7 nitrogen and oxygen atoms in total. The van der Waals surface area contributed by atoms with Gasteiger partial charge in [0, 0.05) is 39.6 Å². The molecule has 1 heterocycles. The van der Waals surface area contributed by atoms with Gasteiger partial charge in [0.05, 0.1) is 10.6 Å². The maximum Gasteiger partial charge on any atom is 0.252 e. The number of primary amides is 1. The van der Waals surface area contributed by atoms with Crippen molar-refractivity contribution in [2.45, 2.75) is 19.3 Å². The molecule has 1 saturated heterocycles. The summed E-state index contributed by atoms with van der Waals surface area (Å²) in [5.41, 5.74) is 5.77. The zero-order valence-electron chi connectivity index (χ0n) is 15.0. The zero-order valence-corrected chi connectivity index (χ0v) is 15.8. The van der Waals surface area contributed by atoms with Gasteiger partial charge < -0.3 is 21.3 Å². The fourth-order valence-corrected chi connectivity index (χ4v) is 3.35. The number of likely N-dealkylation sites (tertiary alicyclic amines) is 1. The number of carbonyl (C=O) groups is 2. The SMILES string of the molecule is CN=C(NCCNC(=O)c1ccccc1Cl)N1CCCC(CC(N)=O)C1. The van der Waals surface area contributed by atoms with E-state index in [2.05, 4.69) is 20.5 Å². The Morgan fingerprint density at radius 2 is 2.04 bits per heavy atom. The molecule has 1 aromatic carbocycles. The molecule has 26 heavy (non-hydrogen) atoms. The number of carbonyl (C=O) groups excluding carboxylic acids is 2. The fraction of sp³-hybridized carbons (Fsp3) is 0.500. The third kappa shape index (κ3) is 5.91. The van der Waals surface area contributed by atoms with Gasteiger partial charge in [-0.1, -0.05) is 23.7 Å². The third-order valence-corrected chi connectivity index (χ3v) is 4.66. The molecule has 1 aromatic rings. The van der Waals surface area contributed by atoms with Crippen LogP contribution in [-0.2, 0) is 4.79 Å². The summed E-state index contributed by atoms with van der Waals surface area (Å²) in [6, 6.07) is 6.95. The average Bonchev–Trinajstić information content (AvgIpc) is 2.61. The molecule has 2 amide bonds. The van der Waals surface area contributed by atoms with Crippen LogP contribution in [0.25, 0.3) is 0 Å². The Labute approximate surface area is 159 Å². The highest BCUT2D eigenvalue weighted by atomic mass is 35.5. The number of aliphatic imine (C=N–C) groups is 1. The molecule has 0 saturated carbocycles. The molecule has 1 aliphatic heterocycles. The van der Waals surface area contributed by atoms with Gasteiger partial charge in [0.2, 0.25) is 5.91 Å². The molecule has 1 unspecified atom stereocenters. The molecule has 2 rings (SSSR count).